The number of ether oxygens (including phenoxy) is 3. The highest BCUT2D eigenvalue weighted by Crippen LogP contribution is 2.22. The summed E-state index contributed by atoms with van der Waals surface area (Å²) in [5, 5.41) is 0. The molecule has 1 aromatic rings. The van der Waals surface area contributed by atoms with Crippen molar-refractivity contribution in [2.75, 3.05) is 21.3 Å². The van der Waals surface area contributed by atoms with Crippen LogP contribution in [-0.4, -0.2) is 27.6 Å². The standard InChI is InChI=1S/C11H16O3/c1-12-10(11(13-2)14-3)9-7-5-4-6-8-9/h4-8,10-11H,1-3H3/t10-/m0/s1. The van der Waals surface area contributed by atoms with Crippen LogP contribution >= 0.6 is 0 Å². The third-order valence-electron chi connectivity index (χ3n) is 2.09. The van der Waals surface area contributed by atoms with E-state index >= 15 is 0 Å². The molecular formula is C11H16O3. The van der Waals surface area contributed by atoms with Gasteiger partial charge in [-0.3, -0.25) is 0 Å². The maximum absolute atomic E-state index is 5.33. The molecule has 3 nitrogen and oxygen atoms in total. The molecule has 0 aliphatic carbocycles. The van der Waals surface area contributed by atoms with Crippen molar-refractivity contribution in [2.24, 2.45) is 0 Å². The lowest BCUT2D eigenvalue weighted by atomic mass is 10.1. The van der Waals surface area contributed by atoms with Crippen molar-refractivity contribution >= 4 is 0 Å². The first-order valence-corrected chi connectivity index (χ1v) is 4.46. The Morgan fingerprint density at radius 1 is 0.857 bits per heavy atom. The summed E-state index contributed by atoms with van der Waals surface area (Å²) in [6, 6.07) is 9.86. The predicted molar refractivity (Wildman–Crippen MR) is 54.0 cm³/mol. The van der Waals surface area contributed by atoms with Crippen molar-refractivity contribution in [1.29, 1.82) is 0 Å². The fraction of sp³-hybridized carbons (Fsp3) is 0.455. The summed E-state index contributed by atoms with van der Waals surface area (Å²) < 4.78 is 15.6. The number of hydrogen-bond acceptors (Lipinski definition) is 3. The average molecular weight is 196 g/mol. The molecule has 14 heavy (non-hydrogen) atoms. The Morgan fingerprint density at radius 2 is 1.43 bits per heavy atom. The van der Waals surface area contributed by atoms with Gasteiger partial charge >= 0.3 is 0 Å². The molecule has 0 aliphatic rings. The molecule has 0 radical (unpaired) electrons. The Morgan fingerprint density at radius 3 is 1.86 bits per heavy atom. The van der Waals surface area contributed by atoms with E-state index in [0.717, 1.165) is 5.56 Å². The molecule has 0 N–H and O–H groups in total. The van der Waals surface area contributed by atoms with E-state index in [9.17, 15) is 0 Å². The van der Waals surface area contributed by atoms with Crippen molar-refractivity contribution in [3.63, 3.8) is 0 Å². The molecule has 3 heteroatoms. The van der Waals surface area contributed by atoms with Crippen LogP contribution in [0.5, 0.6) is 0 Å². The van der Waals surface area contributed by atoms with E-state index in [1.807, 2.05) is 30.3 Å². The molecule has 0 bridgehead atoms. The fourth-order valence-electron chi connectivity index (χ4n) is 1.39. The van der Waals surface area contributed by atoms with Crippen LogP contribution in [0.1, 0.15) is 11.7 Å². The molecule has 1 aromatic carbocycles. The van der Waals surface area contributed by atoms with E-state index in [4.69, 9.17) is 14.2 Å². The minimum atomic E-state index is -0.373. The van der Waals surface area contributed by atoms with Crippen LogP contribution in [0.3, 0.4) is 0 Å². The zero-order valence-corrected chi connectivity index (χ0v) is 8.77. The molecular weight excluding hydrogens is 180 g/mol. The Kier molecular flexibility index (Phi) is 4.59. The van der Waals surface area contributed by atoms with Gasteiger partial charge in [0.05, 0.1) is 0 Å². The van der Waals surface area contributed by atoms with Crippen LogP contribution in [0.25, 0.3) is 0 Å². The molecule has 0 saturated carbocycles. The van der Waals surface area contributed by atoms with Gasteiger partial charge in [-0.05, 0) is 5.56 Å². The number of benzene rings is 1. The Labute approximate surface area is 84.6 Å². The average Bonchev–Trinajstić information content (AvgIpc) is 2.27. The largest absolute Gasteiger partial charge is 0.371 e. The molecule has 0 aromatic heterocycles. The van der Waals surface area contributed by atoms with Crippen LogP contribution in [0.15, 0.2) is 30.3 Å². The first kappa shape index (κ1) is 11.2. The van der Waals surface area contributed by atoms with Crippen molar-refractivity contribution < 1.29 is 14.2 Å². The smallest absolute Gasteiger partial charge is 0.187 e. The molecule has 0 aliphatic heterocycles. The van der Waals surface area contributed by atoms with E-state index in [2.05, 4.69) is 0 Å². The summed E-state index contributed by atoms with van der Waals surface area (Å²) in [4.78, 5) is 0. The second kappa shape index (κ2) is 5.75. The van der Waals surface area contributed by atoms with Crippen LogP contribution < -0.4 is 0 Å². The number of rotatable bonds is 5. The molecule has 0 saturated heterocycles. The topological polar surface area (TPSA) is 27.7 Å². The van der Waals surface area contributed by atoms with Crippen molar-refractivity contribution in [2.45, 2.75) is 12.4 Å². The highest BCUT2D eigenvalue weighted by atomic mass is 16.7. The summed E-state index contributed by atoms with van der Waals surface area (Å²) in [6.45, 7) is 0. The zero-order chi connectivity index (χ0) is 10.4. The monoisotopic (exact) mass is 196 g/mol. The summed E-state index contributed by atoms with van der Waals surface area (Å²) in [5.74, 6) is 0. The summed E-state index contributed by atoms with van der Waals surface area (Å²) in [5.41, 5.74) is 1.05. The predicted octanol–water partition coefficient (Wildman–Crippen LogP) is 1.99. The number of hydrogen-bond donors (Lipinski definition) is 0. The quantitative estimate of drug-likeness (QED) is 0.674. The van der Waals surface area contributed by atoms with Gasteiger partial charge < -0.3 is 14.2 Å². The normalized spacial score (nSPS) is 13.1. The van der Waals surface area contributed by atoms with Crippen LogP contribution in [-0.2, 0) is 14.2 Å². The van der Waals surface area contributed by atoms with Gasteiger partial charge in [0.2, 0.25) is 0 Å². The summed E-state index contributed by atoms with van der Waals surface area (Å²) >= 11 is 0. The molecule has 1 rings (SSSR count). The Balaban J connectivity index is 2.81. The highest BCUT2D eigenvalue weighted by Gasteiger charge is 2.21. The lowest BCUT2D eigenvalue weighted by Crippen LogP contribution is -2.24. The van der Waals surface area contributed by atoms with E-state index < -0.39 is 0 Å². The van der Waals surface area contributed by atoms with E-state index in [-0.39, 0.29) is 12.4 Å². The lowest BCUT2D eigenvalue weighted by molar-refractivity contribution is -0.175. The zero-order valence-electron chi connectivity index (χ0n) is 8.77. The van der Waals surface area contributed by atoms with Crippen molar-refractivity contribution in [3.8, 4) is 0 Å². The third-order valence-corrected chi connectivity index (χ3v) is 2.09. The van der Waals surface area contributed by atoms with E-state index in [1.54, 1.807) is 21.3 Å². The van der Waals surface area contributed by atoms with Crippen LogP contribution in [0, 0.1) is 0 Å². The minimum absolute atomic E-state index is 0.189. The molecule has 0 amide bonds. The summed E-state index contributed by atoms with van der Waals surface area (Å²) in [6.07, 6.45) is -0.561. The lowest BCUT2D eigenvalue weighted by Gasteiger charge is -2.23. The third kappa shape index (κ3) is 2.54. The van der Waals surface area contributed by atoms with E-state index in [0.29, 0.717) is 0 Å². The van der Waals surface area contributed by atoms with Gasteiger partial charge in [0.1, 0.15) is 6.10 Å². The van der Waals surface area contributed by atoms with Crippen LogP contribution in [0.2, 0.25) is 0 Å². The van der Waals surface area contributed by atoms with E-state index in [1.165, 1.54) is 0 Å². The minimum Gasteiger partial charge on any atom is -0.371 e. The Bertz CT molecular complexity index is 244. The van der Waals surface area contributed by atoms with Crippen LogP contribution in [0.4, 0.5) is 0 Å². The fourth-order valence-corrected chi connectivity index (χ4v) is 1.39. The molecule has 0 unspecified atom stereocenters. The van der Waals surface area contributed by atoms with Crippen molar-refractivity contribution in [3.05, 3.63) is 35.9 Å². The summed E-state index contributed by atoms with van der Waals surface area (Å²) in [7, 11) is 4.84. The Hall–Kier alpha value is -0.900. The second-order valence-electron chi connectivity index (χ2n) is 2.91. The van der Waals surface area contributed by atoms with Crippen molar-refractivity contribution in [1.82, 2.24) is 0 Å². The van der Waals surface area contributed by atoms with Gasteiger partial charge in [0, 0.05) is 21.3 Å². The molecule has 0 fully saturated rings. The maximum Gasteiger partial charge on any atom is 0.187 e. The van der Waals surface area contributed by atoms with Gasteiger partial charge in [0.25, 0.3) is 0 Å². The van der Waals surface area contributed by atoms with Gasteiger partial charge in [0.15, 0.2) is 6.29 Å². The second-order valence-corrected chi connectivity index (χ2v) is 2.91. The molecule has 0 spiro atoms. The van der Waals surface area contributed by atoms with Gasteiger partial charge in [-0.1, -0.05) is 30.3 Å². The SMILES string of the molecule is COC(OC)[C@@H](OC)c1ccccc1. The van der Waals surface area contributed by atoms with Gasteiger partial charge in [-0.2, -0.15) is 0 Å². The first-order valence-electron chi connectivity index (χ1n) is 4.46. The molecule has 0 heterocycles. The number of methoxy groups -OCH3 is 3. The van der Waals surface area contributed by atoms with Gasteiger partial charge in [-0.25, -0.2) is 0 Å². The van der Waals surface area contributed by atoms with Gasteiger partial charge in [-0.15, -0.1) is 0 Å². The maximum atomic E-state index is 5.33. The molecule has 1 atom stereocenters. The molecule has 78 valence electrons. The highest BCUT2D eigenvalue weighted by molar-refractivity contribution is 5.18. The first-order chi connectivity index (χ1) is 6.83.